The number of aliphatic hydroxyl groups excluding tert-OH is 1. The number of unbranched alkanes of at least 4 members (excludes halogenated alkanes) is 6. The number of fused-ring (bicyclic) bond motifs is 6. The van der Waals surface area contributed by atoms with Crippen LogP contribution in [0, 0.1) is 0 Å². The fourth-order valence-corrected chi connectivity index (χ4v) is 5.65. The summed E-state index contributed by atoms with van der Waals surface area (Å²) in [5.74, 6) is 1.89. The van der Waals surface area contributed by atoms with E-state index in [2.05, 4.69) is 26.8 Å². The maximum atomic E-state index is 11.1. The zero-order valence-corrected chi connectivity index (χ0v) is 25.6. The third-order valence-electron chi connectivity index (χ3n) is 7.92. The van der Waals surface area contributed by atoms with E-state index >= 15 is 0 Å². The lowest BCUT2D eigenvalue weighted by Crippen LogP contribution is -2.03. The molecule has 0 unspecified atom stereocenters. The van der Waals surface area contributed by atoms with Crippen molar-refractivity contribution in [2.45, 2.75) is 91.4 Å². The van der Waals surface area contributed by atoms with E-state index in [-0.39, 0.29) is 18.1 Å². The van der Waals surface area contributed by atoms with Gasteiger partial charge in [0.15, 0.2) is 23.0 Å². The lowest BCUT2D eigenvalue weighted by molar-refractivity contribution is 0.284. The molecule has 0 atom stereocenters. The van der Waals surface area contributed by atoms with Gasteiger partial charge in [0.2, 0.25) is 0 Å². The molecule has 4 aromatic carbocycles. The first-order chi connectivity index (χ1) is 20.5. The Morgan fingerprint density at radius 2 is 1.00 bits per heavy atom. The van der Waals surface area contributed by atoms with Crippen molar-refractivity contribution in [3.8, 4) is 28.7 Å². The van der Waals surface area contributed by atoms with Crippen LogP contribution in [0.3, 0.4) is 0 Å². The van der Waals surface area contributed by atoms with Crippen molar-refractivity contribution in [3.63, 3.8) is 0 Å². The van der Waals surface area contributed by atoms with Crippen LogP contribution in [0.15, 0.2) is 36.4 Å². The van der Waals surface area contributed by atoms with Gasteiger partial charge in [0.1, 0.15) is 5.75 Å². The zero-order chi connectivity index (χ0) is 29.9. The monoisotopic (exact) mass is 576 g/mol. The summed E-state index contributed by atoms with van der Waals surface area (Å²) in [6.07, 6.45) is 10.6. The lowest BCUT2D eigenvalue weighted by atomic mass is 9.89. The van der Waals surface area contributed by atoms with Crippen molar-refractivity contribution >= 4 is 32.3 Å². The highest BCUT2D eigenvalue weighted by molar-refractivity contribution is 6.27. The van der Waals surface area contributed by atoms with Crippen molar-refractivity contribution in [3.05, 3.63) is 42.0 Å². The molecule has 3 N–H and O–H groups in total. The van der Waals surface area contributed by atoms with E-state index < -0.39 is 0 Å². The Labute approximate surface area is 250 Å². The van der Waals surface area contributed by atoms with Crippen molar-refractivity contribution in [1.82, 2.24) is 0 Å². The highest BCUT2D eigenvalue weighted by Crippen LogP contribution is 2.46. The number of aryl methyl sites for hydroxylation is 1. The summed E-state index contributed by atoms with van der Waals surface area (Å²) >= 11 is 0. The minimum Gasteiger partial charge on any atom is -0.504 e. The first-order valence-electron chi connectivity index (χ1n) is 15.9. The summed E-state index contributed by atoms with van der Waals surface area (Å²) in [5, 5.41) is 37.4. The Balaban J connectivity index is 1.96. The van der Waals surface area contributed by atoms with Crippen LogP contribution in [-0.2, 0) is 6.42 Å². The number of phenolic OH excluding ortho intramolecular Hbond substituents is 2. The Bertz CT molecular complexity index is 1460. The predicted molar refractivity (Wildman–Crippen MR) is 173 cm³/mol. The Morgan fingerprint density at radius 3 is 1.52 bits per heavy atom. The highest BCUT2D eigenvalue weighted by Gasteiger charge is 2.20. The molecule has 6 nitrogen and oxygen atoms in total. The van der Waals surface area contributed by atoms with E-state index in [0.717, 1.165) is 101 Å². The van der Waals surface area contributed by atoms with E-state index in [1.807, 2.05) is 18.2 Å². The van der Waals surface area contributed by atoms with Gasteiger partial charge in [-0.1, -0.05) is 65.4 Å². The molecule has 0 bridgehead atoms. The summed E-state index contributed by atoms with van der Waals surface area (Å²) in [4.78, 5) is 0. The van der Waals surface area contributed by atoms with Crippen LogP contribution in [0.25, 0.3) is 32.3 Å². The molecule has 0 saturated carbocycles. The van der Waals surface area contributed by atoms with Crippen LogP contribution < -0.4 is 14.2 Å². The molecule has 4 rings (SSSR count). The minimum atomic E-state index is 0.0727. The van der Waals surface area contributed by atoms with Crippen LogP contribution in [0.4, 0.5) is 0 Å². The third-order valence-corrected chi connectivity index (χ3v) is 7.92. The summed E-state index contributed by atoms with van der Waals surface area (Å²) in [6, 6.07) is 11.5. The number of aliphatic hydroxyl groups is 1. The molecule has 6 heteroatoms. The molecule has 0 amide bonds. The van der Waals surface area contributed by atoms with Gasteiger partial charge in [0.05, 0.1) is 19.8 Å². The Kier molecular flexibility index (Phi) is 11.8. The molecule has 0 saturated heterocycles. The van der Waals surface area contributed by atoms with E-state index in [0.29, 0.717) is 44.2 Å². The first-order valence-corrected chi connectivity index (χ1v) is 15.9. The number of phenols is 2. The maximum Gasteiger partial charge on any atom is 0.161 e. The molecule has 4 aromatic rings. The average molecular weight is 577 g/mol. The molecule has 0 heterocycles. The standard InChI is InChI=1S/C36H48O6/c1-4-7-10-18-40-33-16-15-25-27-21-31(38)34(41-19-11-8-5-2)23-29(27)28-22-32(39)35(42-20-12-9-6-3)24-30(28)36(25)26(33)14-13-17-37/h15-16,21-24,37-39H,4-14,17-20H2,1-3H3. The fourth-order valence-electron chi connectivity index (χ4n) is 5.65. The number of aromatic hydroxyl groups is 2. The first kappa shape index (κ1) is 31.6. The van der Waals surface area contributed by atoms with Gasteiger partial charge < -0.3 is 29.5 Å². The van der Waals surface area contributed by atoms with Gasteiger partial charge in [-0.25, -0.2) is 0 Å². The second-order valence-electron chi connectivity index (χ2n) is 11.2. The third kappa shape index (κ3) is 7.33. The smallest absolute Gasteiger partial charge is 0.161 e. The van der Waals surface area contributed by atoms with E-state index in [4.69, 9.17) is 14.2 Å². The van der Waals surface area contributed by atoms with Crippen molar-refractivity contribution in [2.24, 2.45) is 0 Å². The van der Waals surface area contributed by atoms with E-state index in [1.165, 1.54) is 0 Å². The average Bonchev–Trinajstić information content (AvgIpc) is 2.99. The summed E-state index contributed by atoms with van der Waals surface area (Å²) in [5.41, 5.74) is 1.02. The molecular weight excluding hydrogens is 528 g/mol. The summed E-state index contributed by atoms with van der Waals surface area (Å²) in [6.45, 7) is 8.24. The topological polar surface area (TPSA) is 88.4 Å². The van der Waals surface area contributed by atoms with Gasteiger partial charge in [-0.15, -0.1) is 0 Å². The number of hydrogen-bond donors (Lipinski definition) is 3. The molecule has 0 aliphatic carbocycles. The Hall–Kier alpha value is -3.38. The number of benzene rings is 4. The van der Waals surface area contributed by atoms with Crippen LogP contribution >= 0.6 is 0 Å². The second kappa shape index (κ2) is 15.7. The molecule has 0 spiro atoms. The fraction of sp³-hybridized carbons (Fsp3) is 0.500. The second-order valence-corrected chi connectivity index (χ2v) is 11.2. The van der Waals surface area contributed by atoms with Gasteiger partial charge in [-0.3, -0.25) is 0 Å². The normalized spacial score (nSPS) is 11.5. The minimum absolute atomic E-state index is 0.0727. The molecule has 0 aliphatic heterocycles. The van der Waals surface area contributed by atoms with Crippen molar-refractivity contribution < 1.29 is 29.5 Å². The number of ether oxygens (including phenoxy) is 3. The van der Waals surface area contributed by atoms with E-state index in [1.54, 1.807) is 12.1 Å². The van der Waals surface area contributed by atoms with Crippen molar-refractivity contribution in [2.75, 3.05) is 26.4 Å². The molecule has 228 valence electrons. The molecule has 0 fully saturated rings. The van der Waals surface area contributed by atoms with Gasteiger partial charge in [-0.2, -0.15) is 0 Å². The highest BCUT2D eigenvalue weighted by atomic mass is 16.5. The van der Waals surface area contributed by atoms with Gasteiger partial charge >= 0.3 is 0 Å². The Morgan fingerprint density at radius 1 is 0.524 bits per heavy atom. The number of rotatable bonds is 18. The van der Waals surface area contributed by atoms with Crippen LogP contribution in [0.1, 0.15) is 90.5 Å². The quantitative estimate of drug-likeness (QED) is 0.0808. The maximum absolute atomic E-state index is 11.1. The van der Waals surface area contributed by atoms with Crippen LogP contribution in [0.5, 0.6) is 28.7 Å². The summed E-state index contributed by atoms with van der Waals surface area (Å²) in [7, 11) is 0. The molecular formula is C36H48O6. The predicted octanol–water partition coefficient (Wildman–Crippen LogP) is 9.19. The summed E-state index contributed by atoms with van der Waals surface area (Å²) < 4.78 is 18.4. The van der Waals surface area contributed by atoms with Gasteiger partial charge in [0.25, 0.3) is 0 Å². The molecule has 0 radical (unpaired) electrons. The van der Waals surface area contributed by atoms with Crippen LogP contribution in [0.2, 0.25) is 0 Å². The zero-order valence-electron chi connectivity index (χ0n) is 25.6. The molecule has 0 aromatic heterocycles. The molecule has 0 aliphatic rings. The largest absolute Gasteiger partial charge is 0.504 e. The van der Waals surface area contributed by atoms with Crippen LogP contribution in [-0.4, -0.2) is 41.7 Å². The van der Waals surface area contributed by atoms with E-state index in [9.17, 15) is 15.3 Å². The van der Waals surface area contributed by atoms with Gasteiger partial charge in [0, 0.05) is 12.2 Å². The lowest BCUT2D eigenvalue weighted by Gasteiger charge is -2.20. The molecule has 42 heavy (non-hydrogen) atoms. The number of hydrogen-bond acceptors (Lipinski definition) is 6. The van der Waals surface area contributed by atoms with Crippen molar-refractivity contribution in [1.29, 1.82) is 0 Å². The van der Waals surface area contributed by atoms with Gasteiger partial charge in [-0.05, 0) is 94.8 Å². The SMILES string of the molecule is CCCCCOc1cc2c(cc1O)c1ccc(OCCCCC)c(CCCO)c1c1cc(OCCCCC)c(O)cc21.